The molecule has 0 spiro atoms. The average Bonchev–Trinajstić information content (AvgIpc) is 2.84. The molecule has 0 radical (unpaired) electrons. The molecule has 0 heterocycles. The number of hydrogen-bond acceptors (Lipinski definition) is 2. The molecule has 2 N–H and O–H groups in total. The van der Waals surface area contributed by atoms with E-state index in [4.69, 9.17) is 0 Å². The molecule has 1 amide bonds. The molecule has 0 aromatic heterocycles. The van der Waals surface area contributed by atoms with Gasteiger partial charge in [-0.3, -0.25) is 9.59 Å². The number of anilines is 1. The van der Waals surface area contributed by atoms with Crippen LogP contribution in [0, 0.1) is 17.7 Å². The highest BCUT2D eigenvalue weighted by atomic mass is 19.4. The van der Waals surface area contributed by atoms with Crippen LogP contribution in [-0.2, 0) is 15.8 Å². The molecule has 2 saturated carbocycles. The predicted octanol–water partition coefficient (Wildman–Crippen LogP) is 7.12. The first-order chi connectivity index (χ1) is 16.6. The molecule has 0 bridgehead atoms. The molecule has 188 valence electrons. The minimum atomic E-state index is -4.71. The number of rotatable bonds is 5. The molecular formula is C27H29F4NO3. The van der Waals surface area contributed by atoms with Crippen LogP contribution < -0.4 is 5.32 Å². The number of amides is 1. The van der Waals surface area contributed by atoms with Crippen molar-refractivity contribution in [2.75, 3.05) is 5.32 Å². The van der Waals surface area contributed by atoms with Crippen LogP contribution in [0.3, 0.4) is 0 Å². The monoisotopic (exact) mass is 491 g/mol. The van der Waals surface area contributed by atoms with E-state index in [1.807, 2.05) is 12.1 Å². The number of benzene rings is 2. The summed E-state index contributed by atoms with van der Waals surface area (Å²) >= 11 is 0. The maximum Gasteiger partial charge on any atom is 0.416 e. The number of nitrogens with one attached hydrogen (secondary N) is 1. The third-order valence-electron chi connectivity index (χ3n) is 7.51. The SMILES string of the molecule is O=C(O)[C@@H]1[C@@H](c2ccc(C3CCCCC3)cc2)CCC[C@H]1C(=O)Nc1ccc(C(F)(F)F)cc1F. The van der Waals surface area contributed by atoms with Crippen LogP contribution in [0.25, 0.3) is 0 Å². The van der Waals surface area contributed by atoms with E-state index in [0.29, 0.717) is 37.3 Å². The number of carbonyl (C=O) groups excluding carboxylic acids is 1. The number of aliphatic carboxylic acids is 1. The third-order valence-corrected chi connectivity index (χ3v) is 7.51. The Morgan fingerprint density at radius 1 is 0.857 bits per heavy atom. The molecule has 0 aliphatic heterocycles. The lowest BCUT2D eigenvalue weighted by Gasteiger charge is -2.35. The summed E-state index contributed by atoms with van der Waals surface area (Å²) in [6.07, 6.45) is 2.83. The number of carboxylic acid groups (broad SMARTS) is 1. The van der Waals surface area contributed by atoms with Crippen LogP contribution in [0.2, 0.25) is 0 Å². The number of carbonyl (C=O) groups is 2. The molecule has 2 aromatic rings. The van der Waals surface area contributed by atoms with Gasteiger partial charge in [0.05, 0.1) is 23.1 Å². The first-order valence-corrected chi connectivity index (χ1v) is 12.2. The summed E-state index contributed by atoms with van der Waals surface area (Å²) in [6, 6.07) is 9.90. The van der Waals surface area contributed by atoms with Crippen LogP contribution in [0.4, 0.5) is 23.2 Å². The quantitative estimate of drug-likeness (QED) is 0.438. The summed E-state index contributed by atoms with van der Waals surface area (Å²) in [5.74, 6) is -4.82. The van der Waals surface area contributed by atoms with Crippen molar-refractivity contribution in [1.82, 2.24) is 0 Å². The van der Waals surface area contributed by atoms with E-state index in [1.165, 1.54) is 24.8 Å². The van der Waals surface area contributed by atoms with Crippen molar-refractivity contribution in [1.29, 1.82) is 0 Å². The van der Waals surface area contributed by atoms with Gasteiger partial charge in [0.15, 0.2) is 0 Å². The Labute approximate surface area is 201 Å². The van der Waals surface area contributed by atoms with Crippen molar-refractivity contribution < 1.29 is 32.3 Å². The van der Waals surface area contributed by atoms with Crippen LogP contribution in [0.1, 0.15) is 79.9 Å². The highest BCUT2D eigenvalue weighted by Crippen LogP contribution is 2.43. The number of halogens is 4. The Kier molecular flexibility index (Phi) is 7.47. The zero-order chi connectivity index (χ0) is 25.2. The zero-order valence-corrected chi connectivity index (χ0v) is 19.3. The Morgan fingerprint density at radius 2 is 1.51 bits per heavy atom. The topological polar surface area (TPSA) is 66.4 Å². The standard InChI is InChI=1S/C27H29F4NO3/c28-22-15-19(27(29,30)31)13-14-23(22)32-25(33)21-8-4-7-20(24(21)26(34)35)18-11-9-17(10-12-18)16-5-2-1-3-6-16/h9-16,20-21,24H,1-8H2,(H,32,33)(H,34,35)/t20-,21-,24-/m1/s1. The van der Waals surface area contributed by atoms with Gasteiger partial charge in [0.25, 0.3) is 0 Å². The van der Waals surface area contributed by atoms with Crippen molar-refractivity contribution >= 4 is 17.6 Å². The summed E-state index contributed by atoms with van der Waals surface area (Å²) in [5.41, 5.74) is 0.551. The molecule has 3 atom stereocenters. The van der Waals surface area contributed by atoms with E-state index in [9.17, 15) is 32.3 Å². The fraction of sp³-hybridized carbons (Fsp3) is 0.481. The summed E-state index contributed by atoms with van der Waals surface area (Å²) in [5, 5.41) is 12.3. The number of carboxylic acids is 1. The lowest BCUT2D eigenvalue weighted by molar-refractivity contribution is -0.148. The van der Waals surface area contributed by atoms with Crippen molar-refractivity contribution in [2.45, 2.75) is 69.4 Å². The van der Waals surface area contributed by atoms with Gasteiger partial charge in [0, 0.05) is 0 Å². The summed E-state index contributed by atoms with van der Waals surface area (Å²) in [7, 11) is 0. The van der Waals surface area contributed by atoms with Gasteiger partial charge in [-0.1, -0.05) is 49.9 Å². The Morgan fingerprint density at radius 3 is 2.11 bits per heavy atom. The van der Waals surface area contributed by atoms with E-state index in [2.05, 4.69) is 17.4 Å². The molecule has 2 aromatic carbocycles. The molecule has 4 rings (SSSR count). The first-order valence-electron chi connectivity index (χ1n) is 12.2. The lowest BCUT2D eigenvalue weighted by Crippen LogP contribution is -2.40. The fourth-order valence-electron chi connectivity index (χ4n) is 5.68. The third kappa shape index (κ3) is 5.68. The number of alkyl halides is 3. The van der Waals surface area contributed by atoms with Gasteiger partial charge >= 0.3 is 12.1 Å². The Bertz CT molecular complexity index is 1060. The minimum Gasteiger partial charge on any atom is -0.481 e. The molecule has 35 heavy (non-hydrogen) atoms. The van der Waals surface area contributed by atoms with Gasteiger partial charge in [-0.15, -0.1) is 0 Å². The molecule has 0 unspecified atom stereocenters. The maximum absolute atomic E-state index is 14.3. The van der Waals surface area contributed by atoms with Crippen LogP contribution in [-0.4, -0.2) is 17.0 Å². The molecule has 8 heteroatoms. The van der Waals surface area contributed by atoms with Crippen LogP contribution in [0.5, 0.6) is 0 Å². The molecule has 0 saturated heterocycles. The highest BCUT2D eigenvalue weighted by molar-refractivity contribution is 5.95. The highest BCUT2D eigenvalue weighted by Gasteiger charge is 2.43. The van der Waals surface area contributed by atoms with Crippen molar-refractivity contribution in [3.8, 4) is 0 Å². The predicted molar refractivity (Wildman–Crippen MR) is 124 cm³/mol. The van der Waals surface area contributed by atoms with E-state index >= 15 is 0 Å². The molecule has 2 fully saturated rings. The second-order valence-corrected chi connectivity index (χ2v) is 9.69. The summed E-state index contributed by atoms with van der Waals surface area (Å²) in [6.45, 7) is 0. The molecule has 2 aliphatic rings. The van der Waals surface area contributed by atoms with Gasteiger partial charge in [0.1, 0.15) is 5.82 Å². The second-order valence-electron chi connectivity index (χ2n) is 9.69. The van der Waals surface area contributed by atoms with Crippen LogP contribution in [0.15, 0.2) is 42.5 Å². The van der Waals surface area contributed by atoms with Gasteiger partial charge < -0.3 is 10.4 Å². The average molecular weight is 492 g/mol. The Hall–Kier alpha value is -2.90. The van der Waals surface area contributed by atoms with Gasteiger partial charge in [-0.25, -0.2) is 4.39 Å². The minimum absolute atomic E-state index is 0.307. The Balaban J connectivity index is 1.51. The smallest absolute Gasteiger partial charge is 0.416 e. The number of hydrogen-bond donors (Lipinski definition) is 2. The van der Waals surface area contributed by atoms with Crippen molar-refractivity contribution in [3.05, 3.63) is 65.0 Å². The second kappa shape index (κ2) is 10.4. The summed E-state index contributed by atoms with van der Waals surface area (Å²) in [4.78, 5) is 25.3. The maximum atomic E-state index is 14.3. The van der Waals surface area contributed by atoms with Gasteiger partial charge in [-0.2, -0.15) is 13.2 Å². The normalized spacial score (nSPS) is 23.6. The lowest BCUT2D eigenvalue weighted by atomic mass is 9.68. The zero-order valence-electron chi connectivity index (χ0n) is 19.3. The first kappa shape index (κ1) is 25.2. The van der Waals surface area contributed by atoms with Crippen molar-refractivity contribution in [3.63, 3.8) is 0 Å². The van der Waals surface area contributed by atoms with Crippen LogP contribution >= 0.6 is 0 Å². The van der Waals surface area contributed by atoms with E-state index in [-0.39, 0.29) is 5.92 Å². The molecule has 4 nitrogen and oxygen atoms in total. The van der Waals surface area contributed by atoms with E-state index < -0.39 is 47.0 Å². The van der Waals surface area contributed by atoms with Gasteiger partial charge in [-0.05, 0) is 66.8 Å². The fourth-order valence-corrected chi connectivity index (χ4v) is 5.68. The van der Waals surface area contributed by atoms with E-state index in [1.54, 1.807) is 0 Å². The van der Waals surface area contributed by atoms with E-state index in [0.717, 1.165) is 24.5 Å². The largest absolute Gasteiger partial charge is 0.481 e. The molecule has 2 aliphatic carbocycles. The van der Waals surface area contributed by atoms with Gasteiger partial charge in [0.2, 0.25) is 5.91 Å². The molecular weight excluding hydrogens is 462 g/mol. The van der Waals surface area contributed by atoms with Crippen molar-refractivity contribution in [2.24, 2.45) is 11.8 Å². The summed E-state index contributed by atoms with van der Waals surface area (Å²) < 4.78 is 52.7.